The molecule has 0 amide bonds. The molecular weight excluding hydrogens is 300 g/mol. The number of fused-ring (bicyclic) bond motifs is 1. The molecule has 4 unspecified atom stereocenters. The molecule has 0 bridgehead atoms. The molecule has 0 saturated heterocycles. The van der Waals surface area contributed by atoms with Crippen LogP contribution >= 0.6 is 33.1 Å². The molecule has 0 aliphatic heterocycles. The lowest BCUT2D eigenvalue weighted by molar-refractivity contribution is 0.615. The summed E-state index contributed by atoms with van der Waals surface area (Å²) in [5.41, 5.74) is 1.13. The van der Waals surface area contributed by atoms with Crippen LogP contribution < -0.4 is 21.7 Å². The summed E-state index contributed by atoms with van der Waals surface area (Å²) in [6.07, 6.45) is 7.00. The van der Waals surface area contributed by atoms with Crippen LogP contribution in [0.3, 0.4) is 0 Å². The summed E-state index contributed by atoms with van der Waals surface area (Å²) in [5.74, 6) is 0. The van der Waals surface area contributed by atoms with Gasteiger partial charge in [-0.25, -0.2) is 4.98 Å². The first-order chi connectivity index (χ1) is 8.69. The van der Waals surface area contributed by atoms with Gasteiger partial charge in [0.1, 0.15) is 5.57 Å². The van der Waals surface area contributed by atoms with Crippen molar-refractivity contribution in [1.29, 1.82) is 0 Å². The van der Waals surface area contributed by atoms with Crippen molar-refractivity contribution in [2.45, 2.75) is 32.7 Å². The Morgan fingerprint density at radius 3 is 3.00 bits per heavy atom. The number of hydrogen-bond acceptors (Lipinski definition) is 2. The predicted octanol–water partition coefficient (Wildman–Crippen LogP) is 1.29. The van der Waals surface area contributed by atoms with Crippen LogP contribution in [0, 0.1) is 0 Å². The van der Waals surface area contributed by atoms with Gasteiger partial charge in [-0.3, -0.25) is 9.36 Å². The van der Waals surface area contributed by atoms with Crippen LogP contribution in [0.2, 0.25) is 0 Å². The molecule has 0 spiro atoms. The third-order valence-electron chi connectivity index (χ3n) is 2.94. The van der Waals surface area contributed by atoms with E-state index in [1.165, 1.54) is 0 Å². The summed E-state index contributed by atoms with van der Waals surface area (Å²) in [5, 5.41) is 1.69. The largest absolute Gasteiger partial charge is 0.292 e. The molecule has 0 radical (unpaired) electrons. The first-order valence-electron chi connectivity index (χ1n) is 6.01. The third kappa shape index (κ3) is 2.91. The fourth-order valence-corrected chi connectivity index (χ4v) is 5.24. The average molecular weight is 318 g/mol. The quantitative estimate of drug-likeness (QED) is 0.767. The zero-order valence-electron chi connectivity index (χ0n) is 10.4. The standard InChI is InChI=1S/C11H18N2OP4/c1-2-3-7-13-10(14)8-5-4-6-9(8)12-11(13)18(16)17-15/h5-6,17H,2-4,7,15-16H2,1H3. The molecular formula is C11H18N2OP4. The Labute approximate surface area is 114 Å². The Morgan fingerprint density at radius 1 is 1.56 bits per heavy atom. The van der Waals surface area contributed by atoms with Crippen molar-refractivity contribution in [1.82, 2.24) is 9.55 Å². The number of nitrogens with zero attached hydrogens (tertiary/aromatic N) is 2. The number of hydrogen-bond donors (Lipinski definition) is 0. The van der Waals surface area contributed by atoms with Gasteiger partial charge in [-0.05, 0) is 12.8 Å². The minimum atomic E-state index is -0.408. The third-order valence-corrected chi connectivity index (χ3v) is 12.6. The molecule has 1 aromatic rings. The summed E-state index contributed by atoms with van der Waals surface area (Å²) in [7, 11) is 5.95. The van der Waals surface area contributed by atoms with E-state index >= 15 is 0 Å². The molecule has 3 nitrogen and oxygen atoms in total. The lowest BCUT2D eigenvalue weighted by atomic mass is 10.3. The molecule has 0 aromatic carbocycles. The second kappa shape index (κ2) is 6.67. The Kier molecular flexibility index (Phi) is 5.47. The Bertz CT molecular complexity index is 611. The number of aromatic nitrogens is 2. The van der Waals surface area contributed by atoms with Gasteiger partial charge in [0.25, 0.3) is 5.56 Å². The van der Waals surface area contributed by atoms with Crippen LogP contribution in [0.4, 0.5) is 0 Å². The van der Waals surface area contributed by atoms with Crippen molar-refractivity contribution in [3.05, 3.63) is 20.9 Å². The van der Waals surface area contributed by atoms with E-state index in [1.807, 2.05) is 16.7 Å². The highest BCUT2D eigenvalue weighted by Gasteiger charge is 2.14. The van der Waals surface area contributed by atoms with Crippen LogP contribution in [0.1, 0.15) is 26.2 Å². The van der Waals surface area contributed by atoms with Crippen molar-refractivity contribution in [3.8, 4) is 0 Å². The number of rotatable bonds is 5. The lowest BCUT2D eigenvalue weighted by Crippen LogP contribution is -2.51. The van der Waals surface area contributed by atoms with Gasteiger partial charge in [-0.2, -0.15) is 0 Å². The summed E-state index contributed by atoms with van der Waals surface area (Å²) in [6, 6.07) is 0. The highest BCUT2D eigenvalue weighted by Crippen LogP contribution is 2.64. The smallest absolute Gasteiger partial charge is 0.261 e. The molecule has 1 aromatic heterocycles. The van der Waals surface area contributed by atoms with Crippen molar-refractivity contribution in [2.24, 2.45) is 0 Å². The van der Waals surface area contributed by atoms with Gasteiger partial charge in [0.05, 0.1) is 10.6 Å². The van der Waals surface area contributed by atoms with Crippen molar-refractivity contribution < 1.29 is 0 Å². The van der Waals surface area contributed by atoms with Gasteiger partial charge in [-0.1, -0.05) is 42.4 Å². The fourth-order valence-electron chi connectivity index (χ4n) is 1.97. The highest BCUT2D eigenvalue weighted by atomic mass is 32.6. The molecule has 1 heterocycles. The number of unbranched alkanes of at least 4 members (excludes halogenated alkanes) is 1. The minimum Gasteiger partial charge on any atom is -0.292 e. The van der Waals surface area contributed by atoms with Crippen LogP contribution in [-0.4, -0.2) is 9.55 Å². The second-order valence-electron chi connectivity index (χ2n) is 4.16. The van der Waals surface area contributed by atoms with Gasteiger partial charge in [-0.15, -0.1) is 8.93 Å². The van der Waals surface area contributed by atoms with E-state index in [-0.39, 0.29) is 5.56 Å². The van der Waals surface area contributed by atoms with E-state index in [2.05, 4.69) is 24.8 Å². The molecule has 1 aliphatic rings. The van der Waals surface area contributed by atoms with Gasteiger partial charge in [0.15, 0.2) is 0 Å². The topological polar surface area (TPSA) is 34.9 Å². The Hall–Kier alpha value is 0.340. The van der Waals surface area contributed by atoms with Gasteiger partial charge < -0.3 is 0 Å². The van der Waals surface area contributed by atoms with Crippen LogP contribution in [0.25, 0.3) is 12.2 Å². The first kappa shape index (κ1) is 14.7. The van der Waals surface area contributed by atoms with Gasteiger partial charge in [0.2, 0.25) is 0 Å². The van der Waals surface area contributed by atoms with Crippen molar-refractivity contribution in [2.75, 3.05) is 0 Å². The molecule has 0 N–H and O–H groups in total. The lowest BCUT2D eigenvalue weighted by Gasteiger charge is -2.15. The predicted molar refractivity (Wildman–Crippen MR) is 90.5 cm³/mol. The van der Waals surface area contributed by atoms with E-state index in [0.29, 0.717) is 0 Å². The summed E-state index contributed by atoms with van der Waals surface area (Å²) in [6.45, 7) is 2.94. The second-order valence-corrected chi connectivity index (χ2v) is 13.2. The van der Waals surface area contributed by atoms with E-state index in [0.717, 1.165) is 49.9 Å². The maximum absolute atomic E-state index is 12.5. The Balaban J connectivity index is 2.61. The molecule has 1 aliphatic carbocycles. The molecule has 4 atom stereocenters. The molecule has 2 rings (SSSR count). The van der Waals surface area contributed by atoms with E-state index in [9.17, 15) is 4.79 Å². The van der Waals surface area contributed by atoms with Crippen LogP contribution in [0.15, 0.2) is 4.79 Å². The molecule has 0 fully saturated rings. The van der Waals surface area contributed by atoms with Crippen LogP contribution in [-0.2, 0) is 6.54 Å². The normalized spacial score (nSPS) is 15.5. The molecule has 18 heavy (non-hydrogen) atoms. The van der Waals surface area contributed by atoms with E-state index in [4.69, 9.17) is 4.98 Å². The maximum Gasteiger partial charge on any atom is 0.261 e. The monoisotopic (exact) mass is 318 g/mol. The average Bonchev–Trinajstić information content (AvgIpc) is 2.85. The van der Waals surface area contributed by atoms with Gasteiger partial charge in [0, 0.05) is 13.8 Å². The SMILES string of the molecule is CCCCn1c(P(P)PP)nc2c(c1=O)=CCC=2. The first-order valence-corrected chi connectivity index (χ1v) is 12.6. The summed E-state index contributed by atoms with van der Waals surface area (Å²) in [4.78, 5) is 17.2. The van der Waals surface area contributed by atoms with E-state index in [1.54, 1.807) is 0 Å². The highest BCUT2D eigenvalue weighted by molar-refractivity contribution is 8.63. The summed E-state index contributed by atoms with van der Waals surface area (Å²) >= 11 is 0. The van der Waals surface area contributed by atoms with E-state index < -0.39 is 7.30 Å². The van der Waals surface area contributed by atoms with Crippen molar-refractivity contribution >= 4 is 50.8 Å². The molecule has 98 valence electrons. The fraction of sp³-hybridized carbons (Fsp3) is 0.455. The maximum atomic E-state index is 12.5. The van der Waals surface area contributed by atoms with Crippen molar-refractivity contribution in [3.63, 3.8) is 0 Å². The zero-order chi connectivity index (χ0) is 13.1. The molecule has 0 saturated carbocycles. The molecule has 7 heteroatoms. The summed E-state index contributed by atoms with van der Waals surface area (Å²) < 4.78 is 1.90. The van der Waals surface area contributed by atoms with Gasteiger partial charge >= 0.3 is 0 Å². The zero-order valence-corrected chi connectivity index (χ0v) is 14.6. The Morgan fingerprint density at radius 2 is 2.33 bits per heavy atom. The minimum absolute atomic E-state index is 0.149. The van der Waals surface area contributed by atoms with Crippen LogP contribution in [0.5, 0.6) is 0 Å².